The molecule has 2 atom stereocenters. The van der Waals surface area contributed by atoms with E-state index in [4.69, 9.17) is 11.6 Å². The maximum atomic E-state index is 5.80. The molecule has 1 saturated carbocycles. The molecule has 2 unspecified atom stereocenters. The van der Waals surface area contributed by atoms with Crippen molar-refractivity contribution < 1.29 is 0 Å². The van der Waals surface area contributed by atoms with Gasteiger partial charge in [0.2, 0.25) is 0 Å². The third kappa shape index (κ3) is 1.39. The number of halogens is 3. The van der Waals surface area contributed by atoms with E-state index in [0.717, 1.165) is 6.42 Å². The van der Waals surface area contributed by atoms with Gasteiger partial charge in [0.05, 0.1) is 3.23 Å². The third-order valence-corrected chi connectivity index (χ3v) is 3.56. The molecular formula is C5H7Br2Cl. The normalized spacial score (nSPS) is 36.8. The summed E-state index contributed by atoms with van der Waals surface area (Å²) >= 11 is 12.8. The van der Waals surface area contributed by atoms with E-state index in [1.54, 1.807) is 0 Å². The van der Waals surface area contributed by atoms with Crippen molar-refractivity contribution in [1.29, 1.82) is 0 Å². The van der Waals surface area contributed by atoms with Crippen LogP contribution in [0.1, 0.15) is 13.3 Å². The zero-order chi connectivity index (χ0) is 6.36. The van der Waals surface area contributed by atoms with Crippen LogP contribution in [0.2, 0.25) is 0 Å². The summed E-state index contributed by atoms with van der Waals surface area (Å²) in [5, 5.41) is 0.286. The molecule has 0 heterocycles. The van der Waals surface area contributed by atoms with Crippen LogP contribution in [0.15, 0.2) is 0 Å². The Morgan fingerprint density at radius 1 is 1.75 bits per heavy atom. The van der Waals surface area contributed by atoms with Gasteiger partial charge in [-0.15, -0.1) is 11.6 Å². The van der Waals surface area contributed by atoms with Crippen molar-refractivity contribution in [3.63, 3.8) is 0 Å². The van der Waals surface area contributed by atoms with Crippen molar-refractivity contribution in [3.05, 3.63) is 0 Å². The van der Waals surface area contributed by atoms with Crippen molar-refractivity contribution in [2.45, 2.75) is 22.0 Å². The SMILES string of the molecule is CC(Cl)C1CC1(Br)Br. The molecule has 0 radical (unpaired) electrons. The zero-order valence-corrected chi connectivity index (χ0v) is 8.42. The quantitative estimate of drug-likeness (QED) is 0.637. The molecule has 1 fully saturated rings. The van der Waals surface area contributed by atoms with Gasteiger partial charge in [-0.1, -0.05) is 31.9 Å². The zero-order valence-electron chi connectivity index (χ0n) is 4.50. The molecule has 1 aliphatic carbocycles. The summed E-state index contributed by atoms with van der Waals surface area (Å²) in [6, 6.07) is 0. The van der Waals surface area contributed by atoms with Gasteiger partial charge in [-0.05, 0) is 13.3 Å². The Kier molecular flexibility index (Phi) is 1.96. The summed E-state index contributed by atoms with van der Waals surface area (Å²) in [5.74, 6) is 0.615. The van der Waals surface area contributed by atoms with Crippen LogP contribution in [0, 0.1) is 5.92 Å². The average molecular weight is 262 g/mol. The predicted octanol–water partition coefficient (Wildman–Crippen LogP) is 3.12. The van der Waals surface area contributed by atoms with Gasteiger partial charge in [0.25, 0.3) is 0 Å². The lowest BCUT2D eigenvalue weighted by molar-refractivity contribution is 0.808. The van der Waals surface area contributed by atoms with Crippen molar-refractivity contribution in [2.24, 2.45) is 5.92 Å². The molecule has 1 rings (SSSR count). The number of rotatable bonds is 1. The van der Waals surface area contributed by atoms with Crippen LogP contribution >= 0.6 is 43.5 Å². The second kappa shape index (κ2) is 2.14. The van der Waals surface area contributed by atoms with E-state index in [1.165, 1.54) is 0 Å². The molecule has 0 aromatic rings. The molecule has 0 spiro atoms. The van der Waals surface area contributed by atoms with Gasteiger partial charge in [0.15, 0.2) is 0 Å². The van der Waals surface area contributed by atoms with Crippen LogP contribution in [0.25, 0.3) is 0 Å². The molecule has 0 saturated heterocycles. The van der Waals surface area contributed by atoms with Crippen molar-refractivity contribution in [2.75, 3.05) is 0 Å². The Morgan fingerprint density at radius 2 is 2.12 bits per heavy atom. The second-order valence-corrected chi connectivity index (χ2v) is 6.83. The van der Waals surface area contributed by atoms with Crippen LogP contribution in [-0.4, -0.2) is 8.61 Å². The fourth-order valence-electron chi connectivity index (χ4n) is 0.733. The Labute approximate surface area is 71.2 Å². The first-order chi connectivity index (χ1) is 3.54. The van der Waals surface area contributed by atoms with Crippen LogP contribution in [-0.2, 0) is 0 Å². The van der Waals surface area contributed by atoms with Crippen LogP contribution in [0.4, 0.5) is 0 Å². The molecule has 0 N–H and O–H groups in total. The molecule has 0 aromatic carbocycles. The third-order valence-electron chi connectivity index (χ3n) is 1.43. The molecule has 0 amide bonds. The van der Waals surface area contributed by atoms with Crippen LogP contribution < -0.4 is 0 Å². The summed E-state index contributed by atoms with van der Waals surface area (Å²) in [5.41, 5.74) is 0. The lowest BCUT2D eigenvalue weighted by atomic mass is 10.3. The highest BCUT2D eigenvalue weighted by Crippen LogP contribution is 2.58. The fourth-order valence-corrected chi connectivity index (χ4v) is 2.83. The number of alkyl halides is 3. The smallest absolute Gasteiger partial charge is 0.0852 e. The van der Waals surface area contributed by atoms with Gasteiger partial charge in [-0.2, -0.15) is 0 Å². The first-order valence-corrected chi connectivity index (χ1v) is 4.58. The Morgan fingerprint density at radius 3 is 2.12 bits per heavy atom. The van der Waals surface area contributed by atoms with Gasteiger partial charge in [0.1, 0.15) is 0 Å². The lowest BCUT2D eigenvalue weighted by Crippen LogP contribution is -1.99. The van der Waals surface area contributed by atoms with Gasteiger partial charge < -0.3 is 0 Å². The minimum atomic E-state index is 0.182. The molecule has 1 aliphatic rings. The van der Waals surface area contributed by atoms with E-state index in [0.29, 0.717) is 5.92 Å². The molecule has 0 bridgehead atoms. The van der Waals surface area contributed by atoms with Gasteiger partial charge in [-0.25, -0.2) is 0 Å². The average Bonchev–Trinajstić information content (AvgIpc) is 2.13. The van der Waals surface area contributed by atoms with E-state index in [2.05, 4.69) is 31.9 Å². The van der Waals surface area contributed by atoms with Gasteiger partial charge in [0, 0.05) is 11.3 Å². The van der Waals surface area contributed by atoms with Gasteiger partial charge >= 0.3 is 0 Å². The van der Waals surface area contributed by atoms with Crippen molar-refractivity contribution >= 4 is 43.5 Å². The molecule has 3 heteroatoms. The number of hydrogen-bond donors (Lipinski definition) is 0. The molecule has 0 aromatic heterocycles. The predicted molar refractivity (Wildman–Crippen MR) is 44.0 cm³/mol. The van der Waals surface area contributed by atoms with E-state index in [1.807, 2.05) is 6.92 Å². The molecular weight excluding hydrogens is 255 g/mol. The molecule has 0 aliphatic heterocycles. The number of hydrogen-bond acceptors (Lipinski definition) is 0. The fraction of sp³-hybridized carbons (Fsp3) is 1.00. The summed E-state index contributed by atoms with van der Waals surface area (Å²) < 4.78 is 0.182. The van der Waals surface area contributed by atoms with Gasteiger partial charge in [-0.3, -0.25) is 0 Å². The molecule has 48 valence electrons. The van der Waals surface area contributed by atoms with E-state index in [9.17, 15) is 0 Å². The molecule has 8 heavy (non-hydrogen) atoms. The van der Waals surface area contributed by atoms with E-state index in [-0.39, 0.29) is 8.61 Å². The maximum absolute atomic E-state index is 5.80. The van der Waals surface area contributed by atoms with Crippen molar-refractivity contribution in [1.82, 2.24) is 0 Å². The minimum Gasteiger partial charge on any atom is -0.123 e. The van der Waals surface area contributed by atoms with Crippen LogP contribution in [0.5, 0.6) is 0 Å². The van der Waals surface area contributed by atoms with Crippen molar-refractivity contribution in [3.8, 4) is 0 Å². The summed E-state index contributed by atoms with van der Waals surface area (Å²) in [6.45, 7) is 2.02. The maximum Gasteiger partial charge on any atom is 0.0852 e. The highest BCUT2D eigenvalue weighted by atomic mass is 79.9. The van der Waals surface area contributed by atoms with E-state index < -0.39 is 0 Å². The highest BCUT2D eigenvalue weighted by Gasteiger charge is 2.52. The first kappa shape index (κ1) is 7.36. The minimum absolute atomic E-state index is 0.182. The largest absolute Gasteiger partial charge is 0.123 e. The Balaban J connectivity index is 2.37. The van der Waals surface area contributed by atoms with Crippen LogP contribution in [0.3, 0.4) is 0 Å². The Hall–Kier alpha value is 1.25. The summed E-state index contributed by atoms with van der Waals surface area (Å²) in [6.07, 6.45) is 1.15. The Bertz CT molecular complexity index is 101. The highest BCUT2D eigenvalue weighted by molar-refractivity contribution is 9.25. The lowest BCUT2D eigenvalue weighted by Gasteiger charge is -1.99. The molecule has 0 nitrogen and oxygen atoms in total. The monoisotopic (exact) mass is 260 g/mol. The summed E-state index contributed by atoms with van der Waals surface area (Å²) in [4.78, 5) is 0. The standard InChI is InChI=1S/C5H7Br2Cl/c1-3(8)4-2-5(4,6)7/h3-4H,2H2,1H3. The first-order valence-electron chi connectivity index (χ1n) is 2.56. The van der Waals surface area contributed by atoms with E-state index >= 15 is 0 Å². The second-order valence-electron chi connectivity index (χ2n) is 2.25. The summed E-state index contributed by atoms with van der Waals surface area (Å²) in [7, 11) is 0. The topological polar surface area (TPSA) is 0 Å².